The molecule has 0 aliphatic rings. The van der Waals surface area contributed by atoms with Gasteiger partial charge in [0, 0.05) is 14.5 Å². The molecule has 0 atom stereocenters. The zero-order chi connectivity index (χ0) is 15.6. The minimum atomic E-state index is -0.301. The lowest BCUT2D eigenvalue weighted by Gasteiger charge is -2.10. The summed E-state index contributed by atoms with van der Waals surface area (Å²) in [4.78, 5) is 12.6. The summed E-state index contributed by atoms with van der Waals surface area (Å²) in [6.45, 7) is 0. The molecule has 0 radical (unpaired) electrons. The molecular weight excluding hydrogens is 439 g/mol. The van der Waals surface area contributed by atoms with Crippen LogP contribution in [0, 0.1) is 0 Å². The average molecular weight is 449 g/mol. The second-order valence-corrected chi connectivity index (χ2v) is 6.64. The number of carbonyl (C=O) groups is 1. The zero-order valence-electron chi connectivity index (χ0n) is 10.5. The number of carbonyl (C=O) groups excluding carboxylic acids is 1. The number of benzene rings is 2. The molecular formula is C14H9Br2ClN2OS. The van der Waals surface area contributed by atoms with Crippen LogP contribution in [0.1, 0.15) is 15.9 Å². The van der Waals surface area contributed by atoms with Crippen LogP contribution >= 0.6 is 55.7 Å². The number of halogens is 3. The van der Waals surface area contributed by atoms with Crippen LogP contribution in [0.15, 0.2) is 45.3 Å². The van der Waals surface area contributed by atoms with Crippen LogP contribution in [0.25, 0.3) is 0 Å². The van der Waals surface area contributed by atoms with Gasteiger partial charge in [-0.25, -0.2) is 0 Å². The quantitative estimate of drug-likeness (QED) is 0.666. The minimum Gasteiger partial charge on any atom is -0.389 e. The van der Waals surface area contributed by atoms with E-state index in [1.165, 1.54) is 0 Å². The van der Waals surface area contributed by atoms with E-state index < -0.39 is 0 Å². The average Bonchev–Trinajstić information content (AvgIpc) is 2.43. The molecule has 2 rings (SSSR count). The first-order chi connectivity index (χ1) is 9.90. The van der Waals surface area contributed by atoms with Crippen molar-refractivity contribution in [2.75, 3.05) is 5.32 Å². The summed E-state index contributed by atoms with van der Waals surface area (Å²) in [5.74, 6) is -0.301. The van der Waals surface area contributed by atoms with Crippen LogP contribution in [0.4, 0.5) is 5.69 Å². The highest BCUT2D eigenvalue weighted by Crippen LogP contribution is 2.28. The SMILES string of the molecule is NC(=S)c1ccc(NC(=O)c2cccc(Br)c2Cl)c(Br)c1. The lowest BCUT2D eigenvalue weighted by atomic mass is 10.2. The molecule has 0 saturated heterocycles. The van der Waals surface area contributed by atoms with Crippen LogP contribution in [0.3, 0.4) is 0 Å². The van der Waals surface area contributed by atoms with Gasteiger partial charge in [-0.1, -0.05) is 29.9 Å². The molecule has 1 amide bonds. The van der Waals surface area contributed by atoms with Crippen molar-refractivity contribution in [3.63, 3.8) is 0 Å². The summed E-state index contributed by atoms with van der Waals surface area (Å²) < 4.78 is 1.35. The van der Waals surface area contributed by atoms with E-state index in [2.05, 4.69) is 37.2 Å². The van der Waals surface area contributed by atoms with Crippen molar-refractivity contribution in [2.24, 2.45) is 5.73 Å². The predicted octanol–water partition coefficient (Wildman–Crippen LogP) is 4.75. The maximum atomic E-state index is 12.3. The number of anilines is 1. The van der Waals surface area contributed by atoms with Crippen molar-refractivity contribution in [3.8, 4) is 0 Å². The molecule has 7 heteroatoms. The van der Waals surface area contributed by atoms with Gasteiger partial charge in [0.1, 0.15) is 4.99 Å². The van der Waals surface area contributed by atoms with Gasteiger partial charge in [-0.15, -0.1) is 0 Å². The van der Waals surface area contributed by atoms with Gasteiger partial charge < -0.3 is 11.1 Å². The third-order valence-corrected chi connectivity index (χ3v) is 4.89. The van der Waals surface area contributed by atoms with Crippen LogP contribution in [-0.2, 0) is 0 Å². The second kappa shape index (κ2) is 6.87. The third-order valence-electron chi connectivity index (χ3n) is 2.70. The van der Waals surface area contributed by atoms with Gasteiger partial charge in [-0.3, -0.25) is 4.79 Å². The van der Waals surface area contributed by atoms with E-state index in [1.807, 2.05) is 0 Å². The van der Waals surface area contributed by atoms with Gasteiger partial charge in [0.2, 0.25) is 0 Å². The van der Waals surface area contributed by atoms with Crippen molar-refractivity contribution in [1.29, 1.82) is 0 Å². The van der Waals surface area contributed by atoms with Gasteiger partial charge in [0.25, 0.3) is 5.91 Å². The van der Waals surface area contributed by atoms with E-state index in [-0.39, 0.29) is 5.91 Å². The molecule has 0 fully saturated rings. The Bertz CT molecular complexity index is 737. The molecule has 0 heterocycles. The number of nitrogens with two attached hydrogens (primary N) is 1. The molecule has 3 N–H and O–H groups in total. The highest BCUT2D eigenvalue weighted by molar-refractivity contribution is 9.11. The molecule has 0 aliphatic heterocycles. The van der Waals surface area contributed by atoms with Gasteiger partial charge in [-0.05, 0) is 62.2 Å². The summed E-state index contributed by atoms with van der Waals surface area (Å²) in [6, 6.07) is 10.4. The van der Waals surface area contributed by atoms with Crippen LogP contribution < -0.4 is 11.1 Å². The molecule has 0 aromatic heterocycles. The molecule has 2 aromatic carbocycles. The number of thiocarbonyl (C=S) groups is 1. The zero-order valence-corrected chi connectivity index (χ0v) is 15.2. The number of hydrogen-bond acceptors (Lipinski definition) is 2. The molecule has 0 bridgehead atoms. The largest absolute Gasteiger partial charge is 0.389 e. The third kappa shape index (κ3) is 3.83. The fourth-order valence-corrected chi connectivity index (χ4v) is 2.82. The Labute approximate surface area is 149 Å². The molecule has 108 valence electrons. The first kappa shape index (κ1) is 16.4. The molecule has 0 unspecified atom stereocenters. The van der Waals surface area contributed by atoms with Crippen LogP contribution in [0.2, 0.25) is 5.02 Å². The first-order valence-corrected chi connectivity index (χ1v) is 8.12. The van der Waals surface area contributed by atoms with Crippen molar-refractivity contribution in [1.82, 2.24) is 0 Å². The Kier molecular flexibility index (Phi) is 5.37. The molecule has 21 heavy (non-hydrogen) atoms. The maximum Gasteiger partial charge on any atom is 0.257 e. The van der Waals surface area contributed by atoms with E-state index >= 15 is 0 Å². The van der Waals surface area contributed by atoms with Crippen LogP contribution in [-0.4, -0.2) is 10.9 Å². The van der Waals surface area contributed by atoms with E-state index in [0.717, 1.165) is 5.56 Å². The summed E-state index contributed by atoms with van der Waals surface area (Å²) in [7, 11) is 0. The highest BCUT2D eigenvalue weighted by atomic mass is 79.9. The molecule has 0 aliphatic carbocycles. The minimum absolute atomic E-state index is 0.295. The van der Waals surface area contributed by atoms with Crippen molar-refractivity contribution in [2.45, 2.75) is 0 Å². The Morgan fingerprint density at radius 1 is 1.19 bits per heavy atom. The Hall–Kier alpha value is -0.950. The Balaban J connectivity index is 2.28. The lowest BCUT2D eigenvalue weighted by Crippen LogP contribution is -2.14. The van der Waals surface area contributed by atoms with Crippen molar-refractivity contribution in [3.05, 3.63) is 61.5 Å². The van der Waals surface area contributed by atoms with Gasteiger partial charge in [0.05, 0.1) is 16.3 Å². The monoisotopic (exact) mass is 446 g/mol. The lowest BCUT2D eigenvalue weighted by molar-refractivity contribution is 0.102. The number of rotatable bonds is 3. The van der Waals surface area contributed by atoms with Gasteiger partial charge in [-0.2, -0.15) is 0 Å². The van der Waals surface area contributed by atoms with Gasteiger partial charge >= 0.3 is 0 Å². The number of hydrogen-bond donors (Lipinski definition) is 2. The molecule has 3 nitrogen and oxygen atoms in total. The summed E-state index contributed by atoms with van der Waals surface area (Å²) in [6.07, 6.45) is 0. The van der Waals surface area contributed by atoms with E-state index in [1.54, 1.807) is 36.4 Å². The van der Waals surface area contributed by atoms with E-state index in [0.29, 0.717) is 30.2 Å². The summed E-state index contributed by atoms with van der Waals surface area (Å²) in [5.41, 5.74) is 7.27. The van der Waals surface area contributed by atoms with E-state index in [9.17, 15) is 4.79 Å². The van der Waals surface area contributed by atoms with E-state index in [4.69, 9.17) is 29.6 Å². The van der Waals surface area contributed by atoms with Crippen LogP contribution in [0.5, 0.6) is 0 Å². The smallest absolute Gasteiger partial charge is 0.257 e. The summed E-state index contributed by atoms with van der Waals surface area (Å²) >= 11 is 17.7. The molecule has 0 saturated carbocycles. The fourth-order valence-electron chi connectivity index (χ4n) is 1.64. The number of amides is 1. The highest BCUT2D eigenvalue weighted by Gasteiger charge is 2.14. The first-order valence-electron chi connectivity index (χ1n) is 5.75. The molecule has 2 aromatic rings. The number of nitrogens with one attached hydrogen (secondary N) is 1. The Morgan fingerprint density at radius 3 is 2.52 bits per heavy atom. The van der Waals surface area contributed by atoms with Crippen molar-refractivity contribution >= 4 is 72.3 Å². The fraction of sp³-hybridized carbons (Fsp3) is 0. The summed E-state index contributed by atoms with van der Waals surface area (Å²) in [5, 5.41) is 3.15. The van der Waals surface area contributed by atoms with Crippen molar-refractivity contribution < 1.29 is 4.79 Å². The topological polar surface area (TPSA) is 55.1 Å². The normalized spacial score (nSPS) is 10.2. The van der Waals surface area contributed by atoms with Gasteiger partial charge in [0.15, 0.2) is 0 Å². The second-order valence-electron chi connectivity index (χ2n) is 4.11. The Morgan fingerprint density at radius 2 is 1.90 bits per heavy atom. The maximum absolute atomic E-state index is 12.3. The molecule has 0 spiro atoms. The predicted molar refractivity (Wildman–Crippen MR) is 97.1 cm³/mol. The standard InChI is InChI=1S/C14H9Br2ClN2OS/c15-9-3-1-2-8(12(9)17)14(20)19-11-5-4-7(13(18)21)6-10(11)16/h1-6H,(H2,18,21)(H,19,20).